The first-order valence-electron chi connectivity index (χ1n) is 11.1. The number of benzene rings is 2. The summed E-state index contributed by atoms with van der Waals surface area (Å²) in [7, 11) is -3.78. The Hall–Kier alpha value is -3.77. The normalized spacial score (nSPS) is 14.5. The summed E-state index contributed by atoms with van der Waals surface area (Å²) < 4.78 is 28.3. The van der Waals surface area contributed by atoms with E-state index in [4.69, 9.17) is 0 Å². The number of nitrogens with one attached hydrogen (secondary N) is 2. The van der Waals surface area contributed by atoms with Gasteiger partial charge < -0.3 is 15.5 Å². The van der Waals surface area contributed by atoms with E-state index in [-0.39, 0.29) is 6.54 Å². The van der Waals surface area contributed by atoms with E-state index in [1.165, 1.54) is 10.6 Å². The Morgan fingerprint density at radius 3 is 2.37 bits per heavy atom. The first kappa shape index (κ1) is 24.4. The van der Waals surface area contributed by atoms with Gasteiger partial charge in [0.2, 0.25) is 21.8 Å². The number of hydrogen-bond acceptors (Lipinski definition) is 7. The van der Waals surface area contributed by atoms with Crippen molar-refractivity contribution in [3.8, 4) is 5.69 Å². The van der Waals surface area contributed by atoms with Crippen LogP contribution in [0.25, 0.3) is 5.69 Å². The fourth-order valence-electron chi connectivity index (χ4n) is 3.78. The number of nitrogens with zero attached hydrogens (tertiary/aromatic N) is 5. The highest BCUT2D eigenvalue weighted by Crippen LogP contribution is 2.19. The van der Waals surface area contributed by atoms with Gasteiger partial charge in [0.15, 0.2) is 0 Å². The molecule has 1 aromatic heterocycles. The van der Waals surface area contributed by atoms with E-state index in [1.807, 2.05) is 25.1 Å². The zero-order chi connectivity index (χ0) is 24.8. The number of rotatable bonds is 8. The van der Waals surface area contributed by atoms with Gasteiger partial charge in [-0.3, -0.25) is 9.59 Å². The Morgan fingerprint density at radius 2 is 1.71 bits per heavy atom. The number of sulfonamides is 1. The Balaban J connectivity index is 1.21. The van der Waals surface area contributed by atoms with Gasteiger partial charge in [-0.05, 0) is 48.9 Å². The molecule has 2 N–H and O–H groups in total. The molecule has 1 saturated heterocycles. The van der Waals surface area contributed by atoms with Crippen LogP contribution in [-0.4, -0.2) is 77.8 Å². The molecule has 0 aliphatic carbocycles. The molecule has 0 bridgehead atoms. The van der Waals surface area contributed by atoms with Crippen LogP contribution in [0.3, 0.4) is 0 Å². The minimum absolute atomic E-state index is 0.300. The fourth-order valence-corrected chi connectivity index (χ4v) is 5.12. The van der Waals surface area contributed by atoms with Gasteiger partial charge >= 0.3 is 0 Å². The lowest BCUT2D eigenvalue weighted by Gasteiger charge is -2.35. The molecule has 0 saturated carbocycles. The summed E-state index contributed by atoms with van der Waals surface area (Å²) in [5, 5.41) is 9.06. The predicted molar refractivity (Wildman–Crippen MR) is 132 cm³/mol. The van der Waals surface area contributed by atoms with Crippen molar-refractivity contribution in [2.75, 3.05) is 48.7 Å². The molecular formula is C23H27N7O4S. The van der Waals surface area contributed by atoms with Crippen LogP contribution in [0, 0.1) is 6.92 Å². The maximum Gasteiger partial charge on any atom is 0.243 e. The number of amides is 2. The average molecular weight is 498 g/mol. The molecule has 2 heterocycles. The Bertz CT molecular complexity index is 1270. The van der Waals surface area contributed by atoms with Crippen LogP contribution >= 0.6 is 0 Å². The van der Waals surface area contributed by atoms with Gasteiger partial charge in [-0.1, -0.05) is 12.1 Å². The van der Waals surface area contributed by atoms with Crippen LogP contribution in [0.1, 0.15) is 5.56 Å². The van der Waals surface area contributed by atoms with Crippen LogP contribution in [0.15, 0.2) is 61.2 Å². The Kier molecular flexibility index (Phi) is 7.42. The van der Waals surface area contributed by atoms with Gasteiger partial charge in [0.25, 0.3) is 0 Å². The molecular weight excluding hydrogens is 470 g/mol. The maximum absolute atomic E-state index is 12.7. The smallest absolute Gasteiger partial charge is 0.243 e. The molecule has 1 aliphatic heterocycles. The van der Waals surface area contributed by atoms with Crippen molar-refractivity contribution < 1.29 is 18.0 Å². The van der Waals surface area contributed by atoms with Crippen molar-refractivity contribution in [2.24, 2.45) is 0 Å². The molecule has 2 amide bonds. The van der Waals surface area contributed by atoms with Gasteiger partial charge in [-0.2, -0.15) is 9.40 Å². The lowest BCUT2D eigenvalue weighted by atomic mass is 10.2. The van der Waals surface area contributed by atoms with Gasteiger partial charge in [0, 0.05) is 37.6 Å². The van der Waals surface area contributed by atoms with E-state index in [1.54, 1.807) is 35.3 Å². The molecule has 0 radical (unpaired) electrons. The van der Waals surface area contributed by atoms with Crippen molar-refractivity contribution in [1.82, 2.24) is 24.4 Å². The highest BCUT2D eigenvalue weighted by molar-refractivity contribution is 7.89. The average Bonchev–Trinajstić information content (AvgIpc) is 3.38. The van der Waals surface area contributed by atoms with Crippen LogP contribution < -0.4 is 15.5 Å². The van der Waals surface area contributed by atoms with Crippen molar-refractivity contribution in [3.63, 3.8) is 0 Å². The number of carbonyl (C=O) groups is 2. The van der Waals surface area contributed by atoms with E-state index in [0.717, 1.165) is 16.9 Å². The summed E-state index contributed by atoms with van der Waals surface area (Å²) in [6, 6.07) is 15.0. The number of hydrogen-bond donors (Lipinski definition) is 2. The van der Waals surface area contributed by atoms with Crippen LogP contribution in [0.4, 0.5) is 11.4 Å². The summed E-state index contributed by atoms with van der Waals surface area (Å²) in [6.07, 6.45) is 2.98. The van der Waals surface area contributed by atoms with E-state index in [0.29, 0.717) is 31.9 Å². The predicted octanol–water partition coefficient (Wildman–Crippen LogP) is 0.782. The van der Waals surface area contributed by atoms with Crippen LogP contribution in [0.2, 0.25) is 0 Å². The largest absolute Gasteiger partial charge is 0.369 e. The Morgan fingerprint density at radius 1 is 0.971 bits per heavy atom. The molecule has 1 aliphatic rings. The number of aromatic nitrogens is 3. The highest BCUT2D eigenvalue weighted by atomic mass is 32.2. The third kappa shape index (κ3) is 6.43. The number of anilines is 2. The first-order valence-corrected chi connectivity index (χ1v) is 12.7. The minimum atomic E-state index is -3.78. The second-order valence-corrected chi connectivity index (χ2v) is 10.2. The van der Waals surface area contributed by atoms with Gasteiger partial charge in [-0.15, -0.1) is 0 Å². The van der Waals surface area contributed by atoms with E-state index < -0.39 is 27.6 Å². The SMILES string of the molecule is Cc1cccc(N2CCN(S(=O)(=O)CC(=O)NCC(=O)Nc3ccc(-n4cncn4)cc3)CC2)c1. The number of aryl methyl sites for hydroxylation is 1. The Labute approximate surface area is 203 Å². The number of piperazine rings is 1. The molecule has 0 unspecified atom stereocenters. The molecule has 184 valence electrons. The van der Waals surface area contributed by atoms with Gasteiger partial charge in [0.1, 0.15) is 18.4 Å². The van der Waals surface area contributed by atoms with Gasteiger partial charge in [-0.25, -0.2) is 18.1 Å². The summed E-state index contributed by atoms with van der Waals surface area (Å²) in [5.41, 5.74) is 3.51. The molecule has 35 heavy (non-hydrogen) atoms. The summed E-state index contributed by atoms with van der Waals surface area (Å²) >= 11 is 0. The summed E-state index contributed by atoms with van der Waals surface area (Å²) in [4.78, 5) is 30.4. The summed E-state index contributed by atoms with van der Waals surface area (Å²) in [6.45, 7) is 3.37. The van der Waals surface area contributed by atoms with Crippen molar-refractivity contribution in [2.45, 2.75) is 6.92 Å². The van der Waals surface area contributed by atoms with Crippen molar-refractivity contribution in [1.29, 1.82) is 0 Å². The van der Waals surface area contributed by atoms with Gasteiger partial charge in [0.05, 0.1) is 12.2 Å². The summed E-state index contributed by atoms with van der Waals surface area (Å²) in [5.74, 6) is -1.88. The lowest BCUT2D eigenvalue weighted by molar-refractivity contribution is -0.122. The molecule has 0 atom stereocenters. The second-order valence-electron chi connectivity index (χ2n) is 8.19. The lowest BCUT2D eigenvalue weighted by Crippen LogP contribution is -2.51. The monoisotopic (exact) mass is 497 g/mol. The highest BCUT2D eigenvalue weighted by Gasteiger charge is 2.29. The standard InChI is InChI=1S/C23H27N7O4S/c1-18-3-2-4-21(13-18)28-9-11-29(12-10-28)35(33,34)15-23(32)25-14-22(31)27-19-5-7-20(8-6-19)30-17-24-16-26-30/h2-8,13,16-17H,9-12,14-15H2,1H3,(H,25,32)(H,27,31). The van der Waals surface area contributed by atoms with E-state index in [2.05, 4.69) is 31.7 Å². The topological polar surface area (TPSA) is 130 Å². The molecule has 1 fully saturated rings. The third-order valence-corrected chi connectivity index (χ3v) is 7.37. The minimum Gasteiger partial charge on any atom is -0.369 e. The van der Waals surface area contributed by atoms with Crippen LogP contribution in [-0.2, 0) is 19.6 Å². The quantitative estimate of drug-likeness (QED) is 0.471. The molecule has 3 aromatic rings. The molecule has 4 rings (SSSR count). The zero-order valence-corrected chi connectivity index (χ0v) is 20.1. The maximum atomic E-state index is 12.7. The van der Waals surface area contributed by atoms with E-state index >= 15 is 0 Å². The molecule has 12 heteroatoms. The fraction of sp³-hybridized carbons (Fsp3) is 0.304. The second kappa shape index (κ2) is 10.7. The van der Waals surface area contributed by atoms with Crippen LogP contribution in [0.5, 0.6) is 0 Å². The molecule has 2 aromatic carbocycles. The third-order valence-electron chi connectivity index (χ3n) is 5.59. The first-order chi connectivity index (χ1) is 16.8. The van der Waals surface area contributed by atoms with Crippen molar-refractivity contribution in [3.05, 3.63) is 66.7 Å². The zero-order valence-electron chi connectivity index (χ0n) is 19.3. The number of carbonyl (C=O) groups excluding carboxylic acids is 2. The molecule has 11 nitrogen and oxygen atoms in total. The van der Waals surface area contributed by atoms with E-state index in [9.17, 15) is 18.0 Å². The van der Waals surface area contributed by atoms with Crippen molar-refractivity contribution >= 4 is 33.2 Å². The molecule has 0 spiro atoms.